The van der Waals surface area contributed by atoms with Crippen molar-refractivity contribution < 1.29 is 14.2 Å². The number of aromatic nitrogens is 2. The van der Waals surface area contributed by atoms with Crippen LogP contribution in [0.3, 0.4) is 0 Å². The van der Waals surface area contributed by atoms with Gasteiger partial charge < -0.3 is 4.57 Å². The lowest BCUT2D eigenvalue weighted by Gasteiger charge is -2.25. The molecule has 1 amide bonds. The number of carbonyl (C=O) groups excluding carboxylic acids is 1. The molecular formula is C18H16N4O3S. The lowest BCUT2D eigenvalue weighted by Crippen LogP contribution is -2.29. The summed E-state index contributed by atoms with van der Waals surface area (Å²) in [5.41, 5.74) is 4.15. The maximum atomic E-state index is 13.0. The van der Waals surface area contributed by atoms with Gasteiger partial charge in [-0.2, -0.15) is 0 Å². The molecule has 0 saturated carbocycles. The van der Waals surface area contributed by atoms with Crippen LogP contribution in [0.5, 0.6) is 0 Å². The average molecular weight is 368 g/mol. The van der Waals surface area contributed by atoms with Gasteiger partial charge in [0.05, 0.1) is 29.4 Å². The van der Waals surface area contributed by atoms with E-state index in [2.05, 4.69) is 4.98 Å². The fraction of sp³-hybridized carbons (Fsp3) is 0.111. The van der Waals surface area contributed by atoms with Crippen molar-refractivity contribution in [3.05, 3.63) is 72.8 Å². The van der Waals surface area contributed by atoms with Gasteiger partial charge in [-0.3, -0.25) is 14.3 Å². The Morgan fingerprint density at radius 3 is 2.58 bits per heavy atom. The number of benzene rings is 2. The number of hydroxylamine groups is 1. The zero-order valence-electron chi connectivity index (χ0n) is 13.6. The summed E-state index contributed by atoms with van der Waals surface area (Å²) in [7, 11) is -1.43. The number of anilines is 1. The number of fused-ring (bicyclic) bond motifs is 1. The van der Waals surface area contributed by atoms with Crippen LogP contribution >= 0.6 is 0 Å². The van der Waals surface area contributed by atoms with Crippen LogP contribution in [0.1, 0.15) is 18.0 Å². The molecule has 2 heterocycles. The van der Waals surface area contributed by atoms with Gasteiger partial charge in [-0.25, -0.2) is 14.7 Å². The fourth-order valence-electron chi connectivity index (χ4n) is 3.14. The lowest BCUT2D eigenvalue weighted by molar-refractivity contribution is -0.129. The molecule has 0 saturated heterocycles. The molecule has 26 heavy (non-hydrogen) atoms. The zero-order valence-corrected chi connectivity index (χ0v) is 14.5. The van der Waals surface area contributed by atoms with Crippen molar-refractivity contribution in [3.8, 4) is 5.69 Å². The number of nitrogens with zero attached hydrogens (tertiary/aromatic N) is 3. The highest BCUT2D eigenvalue weighted by Crippen LogP contribution is 2.42. The smallest absolute Gasteiger partial charge is 0.245 e. The first-order valence-electron chi connectivity index (χ1n) is 8.00. The SMILES string of the molecule is O=C(CC1c2ccccc2S(=O)N1c1ccc(-n2ccnc2)cc1)NO. The van der Waals surface area contributed by atoms with Crippen LogP contribution < -0.4 is 9.79 Å². The first kappa shape index (κ1) is 16.5. The average Bonchev–Trinajstić information content (AvgIpc) is 3.30. The molecule has 8 heteroatoms. The van der Waals surface area contributed by atoms with Crippen LogP contribution in [0.2, 0.25) is 0 Å². The predicted octanol–water partition coefficient (Wildman–Crippen LogP) is 2.35. The second-order valence-electron chi connectivity index (χ2n) is 5.85. The van der Waals surface area contributed by atoms with Crippen LogP contribution in [0.25, 0.3) is 5.69 Å². The molecule has 4 rings (SSSR count). The Labute approximate surface area is 152 Å². The third-order valence-electron chi connectivity index (χ3n) is 4.34. The molecule has 0 spiro atoms. The fourth-order valence-corrected chi connectivity index (χ4v) is 4.68. The van der Waals surface area contributed by atoms with Crippen molar-refractivity contribution in [1.82, 2.24) is 15.0 Å². The van der Waals surface area contributed by atoms with Gasteiger partial charge in [0.2, 0.25) is 5.91 Å². The van der Waals surface area contributed by atoms with Crippen molar-refractivity contribution in [1.29, 1.82) is 0 Å². The number of nitrogens with one attached hydrogen (secondary N) is 1. The molecule has 2 atom stereocenters. The van der Waals surface area contributed by atoms with Gasteiger partial charge >= 0.3 is 0 Å². The number of carbonyl (C=O) groups is 1. The van der Waals surface area contributed by atoms with Crippen molar-refractivity contribution in [2.45, 2.75) is 17.4 Å². The summed E-state index contributed by atoms with van der Waals surface area (Å²) in [5.74, 6) is -0.524. The van der Waals surface area contributed by atoms with Gasteiger partial charge in [-0.1, -0.05) is 18.2 Å². The summed E-state index contributed by atoms with van der Waals surface area (Å²) < 4.78 is 16.6. The van der Waals surface area contributed by atoms with Crippen molar-refractivity contribution in [3.63, 3.8) is 0 Å². The van der Waals surface area contributed by atoms with E-state index < -0.39 is 22.9 Å². The van der Waals surface area contributed by atoms with Gasteiger partial charge in [-0.15, -0.1) is 0 Å². The number of amides is 1. The zero-order chi connectivity index (χ0) is 18.1. The minimum Gasteiger partial charge on any atom is -0.306 e. The van der Waals surface area contributed by atoms with E-state index in [0.717, 1.165) is 16.9 Å². The molecular weight excluding hydrogens is 352 g/mol. The second-order valence-corrected chi connectivity index (χ2v) is 7.19. The molecule has 132 valence electrons. The maximum absolute atomic E-state index is 13.0. The predicted molar refractivity (Wildman–Crippen MR) is 96.2 cm³/mol. The van der Waals surface area contributed by atoms with Gasteiger partial charge in [0.1, 0.15) is 0 Å². The van der Waals surface area contributed by atoms with E-state index in [1.165, 1.54) is 0 Å². The third-order valence-corrected chi connectivity index (χ3v) is 5.91. The van der Waals surface area contributed by atoms with E-state index >= 15 is 0 Å². The molecule has 2 N–H and O–H groups in total. The highest BCUT2D eigenvalue weighted by molar-refractivity contribution is 7.87. The Morgan fingerprint density at radius 1 is 1.15 bits per heavy atom. The molecule has 1 aromatic heterocycles. The largest absolute Gasteiger partial charge is 0.306 e. The minimum absolute atomic E-state index is 0.00251. The van der Waals surface area contributed by atoms with Crippen LogP contribution in [-0.2, 0) is 15.8 Å². The Hall–Kier alpha value is -2.97. The van der Waals surface area contributed by atoms with Gasteiger partial charge in [-0.05, 0) is 35.9 Å². The van der Waals surface area contributed by atoms with Crippen molar-refractivity contribution in [2.24, 2.45) is 0 Å². The number of hydrogen-bond acceptors (Lipinski definition) is 4. The molecule has 0 aliphatic carbocycles. The molecule has 2 unspecified atom stereocenters. The van der Waals surface area contributed by atoms with E-state index in [1.54, 1.807) is 28.4 Å². The summed E-state index contributed by atoms with van der Waals surface area (Å²) in [6.07, 6.45) is 5.24. The lowest BCUT2D eigenvalue weighted by atomic mass is 10.0. The molecule has 0 fully saturated rings. The van der Waals surface area contributed by atoms with E-state index in [9.17, 15) is 9.00 Å². The molecule has 0 radical (unpaired) electrons. The van der Waals surface area contributed by atoms with Gasteiger partial charge in [0.25, 0.3) is 0 Å². The summed E-state index contributed by atoms with van der Waals surface area (Å²) in [6.45, 7) is 0. The van der Waals surface area contributed by atoms with Gasteiger partial charge in [0.15, 0.2) is 11.0 Å². The topological polar surface area (TPSA) is 87.5 Å². The molecule has 7 nitrogen and oxygen atoms in total. The highest BCUT2D eigenvalue weighted by atomic mass is 32.2. The van der Waals surface area contributed by atoms with E-state index in [-0.39, 0.29) is 6.42 Å². The molecule has 3 aromatic rings. The van der Waals surface area contributed by atoms with Crippen LogP contribution in [0.15, 0.2) is 72.1 Å². The minimum atomic E-state index is -1.43. The Balaban J connectivity index is 1.71. The Morgan fingerprint density at radius 2 is 1.88 bits per heavy atom. The van der Waals surface area contributed by atoms with E-state index in [0.29, 0.717) is 4.90 Å². The standard InChI is InChI=1S/C18H16N4O3S/c23-18(20-24)11-16-15-3-1-2-4-17(15)26(25)22(16)14-7-5-13(6-8-14)21-10-9-19-12-21/h1-10,12,16,24H,11H2,(H,20,23). The molecule has 1 aliphatic heterocycles. The molecule has 2 aromatic carbocycles. The first-order valence-corrected chi connectivity index (χ1v) is 9.11. The van der Waals surface area contributed by atoms with E-state index in [4.69, 9.17) is 5.21 Å². The summed E-state index contributed by atoms with van der Waals surface area (Å²) in [5, 5.41) is 8.91. The number of hydrogen-bond donors (Lipinski definition) is 2. The molecule has 1 aliphatic rings. The quantitative estimate of drug-likeness (QED) is 0.547. The Kier molecular flexibility index (Phi) is 4.27. The van der Waals surface area contributed by atoms with E-state index in [1.807, 2.05) is 53.2 Å². The van der Waals surface area contributed by atoms with Crippen molar-refractivity contribution >= 4 is 22.6 Å². The van der Waals surface area contributed by atoms with Crippen LogP contribution in [0.4, 0.5) is 5.69 Å². The molecule has 0 bridgehead atoms. The summed E-state index contributed by atoms with van der Waals surface area (Å²) >= 11 is 0. The monoisotopic (exact) mass is 368 g/mol. The number of rotatable bonds is 4. The third kappa shape index (κ3) is 2.79. The summed E-state index contributed by atoms with van der Waals surface area (Å²) in [6, 6.07) is 14.5. The van der Waals surface area contributed by atoms with Crippen molar-refractivity contribution in [2.75, 3.05) is 4.31 Å². The first-order chi connectivity index (χ1) is 12.7. The van der Waals surface area contributed by atoms with Gasteiger partial charge in [0, 0.05) is 18.1 Å². The second kappa shape index (κ2) is 6.74. The van der Waals surface area contributed by atoms with Crippen LogP contribution in [-0.4, -0.2) is 24.9 Å². The maximum Gasteiger partial charge on any atom is 0.245 e. The van der Waals surface area contributed by atoms with Crippen LogP contribution in [0, 0.1) is 0 Å². The highest BCUT2D eigenvalue weighted by Gasteiger charge is 2.37. The Bertz CT molecular complexity index is 957. The number of imidazole rings is 1. The summed E-state index contributed by atoms with van der Waals surface area (Å²) in [4.78, 5) is 16.5. The normalized spacial score (nSPS) is 18.6.